The maximum absolute atomic E-state index is 5.62. The van der Waals surface area contributed by atoms with Crippen molar-refractivity contribution in [2.75, 3.05) is 12.8 Å². The minimum atomic E-state index is 0.387. The molecule has 0 saturated heterocycles. The van der Waals surface area contributed by atoms with Crippen molar-refractivity contribution < 1.29 is 4.74 Å². The van der Waals surface area contributed by atoms with Crippen molar-refractivity contribution in [3.8, 4) is 11.7 Å². The summed E-state index contributed by atoms with van der Waals surface area (Å²) in [5, 5.41) is 3.94. The summed E-state index contributed by atoms with van der Waals surface area (Å²) in [6.45, 7) is 0. The van der Waals surface area contributed by atoms with E-state index in [0.717, 1.165) is 0 Å². The van der Waals surface area contributed by atoms with Crippen molar-refractivity contribution in [2.45, 2.75) is 0 Å². The molecule has 72 valence electrons. The van der Waals surface area contributed by atoms with Gasteiger partial charge in [-0.3, -0.25) is 0 Å². The quantitative estimate of drug-likeness (QED) is 0.736. The van der Waals surface area contributed by atoms with Gasteiger partial charge < -0.3 is 10.5 Å². The van der Waals surface area contributed by atoms with Crippen molar-refractivity contribution in [3.05, 3.63) is 24.8 Å². The predicted molar refractivity (Wildman–Crippen MR) is 50.1 cm³/mol. The van der Waals surface area contributed by atoms with Crippen LogP contribution in [0.3, 0.4) is 0 Å². The second-order valence-electron chi connectivity index (χ2n) is 2.61. The molecule has 0 fully saturated rings. The molecule has 14 heavy (non-hydrogen) atoms. The van der Waals surface area contributed by atoms with E-state index in [2.05, 4.69) is 15.1 Å². The smallest absolute Gasteiger partial charge is 0.238 e. The Morgan fingerprint density at radius 2 is 2.29 bits per heavy atom. The number of pyridine rings is 1. The normalized spacial score (nSPS) is 10.1. The number of nitrogens with two attached hydrogens (primary N) is 1. The number of nitrogens with zero attached hydrogens (tertiary/aromatic N) is 4. The Kier molecular flexibility index (Phi) is 2.02. The molecular weight excluding hydrogens is 182 g/mol. The Labute approximate surface area is 80.4 Å². The lowest BCUT2D eigenvalue weighted by atomic mass is 10.4. The van der Waals surface area contributed by atoms with Crippen LogP contribution in [0.1, 0.15) is 0 Å². The molecule has 0 atom stereocenters. The van der Waals surface area contributed by atoms with E-state index < -0.39 is 0 Å². The lowest BCUT2D eigenvalue weighted by molar-refractivity contribution is 0.399. The van der Waals surface area contributed by atoms with Gasteiger partial charge >= 0.3 is 0 Å². The van der Waals surface area contributed by atoms with E-state index in [1.165, 1.54) is 18.1 Å². The van der Waals surface area contributed by atoms with E-state index in [1.54, 1.807) is 18.5 Å². The summed E-state index contributed by atoms with van der Waals surface area (Å²) < 4.78 is 6.52. The number of hydrogen-bond donors (Lipinski definition) is 1. The van der Waals surface area contributed by atoms with Gasteiger partial charge in [-0.15, -0.1) is 0 Å². The van der Waals surface area contributed by atoms with Gasteiger partial charge in [0.2, 0.25) is 5.88 Å². The van der Waals surface area contributed by atoms with Gasteiger partial charge in [0.1, 0.15) is 12.7 Å². The molecule has 6 nitrogen and oxygen atoms in total. The molecule has 0 aliphatic rings. The van der Waals surface area contributed by atoms with Gasteiger partial charge in [0.25, 0.3) is 0 Å². The van der Waals surface area contributed by atoms with E-state index in [-0.39, 0.29) is 0 Å². The third kappa shape index (κ3) is 1.37. The molecule has 0 radical (unpaired) electrons. The predicted octanol–water partition coefficient (Wildman–Crippen LogP) is 0.253. The van der Waals surface area contributed by atoms with Crippen LogP contribution < -0.4 is 10.5 Å². The fourth-order valence-electron chi connectivity index (χ4n) is 1.06. The van der Waals surface area contributed by atoms with Crippen LogP contribution >= 0.6 is 0 Å². The van der Waals surface area contributed by atoms with Crippen LogP contribution in [0.5, 0.6) is 5.88 Å². The number of ether oxygens (including phenoxy) is 1. The molecular formula is C8H9N5O. The van der Waals surface area contributed by atoms with Crippen LogP contribution in [0.2, 0.25) is 0 Å². The van der Waals surface area contributed by atoms with Gasteiger partial charge in [-0.25, -0.2) is 9.67 Å². The Bertz CT molecular complexity index is 425. The molecule has 0 amide bonds. The summed E-state index contributed by atoms with van der Waals surface area (Å²) >= 11 is 0. The monoisotopic (exact) mass is 191 g/mol. The molecule has 0 spiro atoms. The molecule has 0 aliphatic carbocycles. The summed E-state index contributed by atoms with van der Waals surface area (Å²) in [4.78, 5) is 7.96. The van der Waals surface area contributed by atoms with Gasteiger partial charge in [0.05, 0.1) is 12.8 Å². The van der Waals surface area contributed by atoms with Crippen molar-refractivity contribution in [2.24, 2.45) is 0 Å². The zero-order valence-corrected chi connectivity index (χ0v) is 7.58. The molecule has 0 unspecified atom stereocenters. The first-order chi connectivity index (χ1) is 6.81. The average molecular weight is 191 g/mol. The maximum atomic E-state index is 5.62. The Balaban J connectivity index is 2.46. The van der Waals surface area contributed by atoms with E-state index in [1.807, 2.05) is 0 Å². The van der Waals surface area contributed by atoms with Crippen LogP contribution in [-0.2, 0) is 0 Å². The number of aromatic nitrogens is 4. The zero-order valence-electron chi connectivity index (χ0n) is 7.58. The highest BCUT2D eigenvalue weighted by molar-refractivity contribution is 5.50. The Morgan fingerprint density at radius 3 is 2.93 bits per heavy atom. The van der Waals surface area contributed by atoms with E-state index in [4.69, 9.17) is 10.5 Å². The second kappa shape index (κ2) is 3.33. The number of rotatable bonds is 2. The SMILES string of the molecule is COc1nc(-n2cncn2)ccc1N. The number of hydrogen-bond acceptors (Lipinski definition) is 5. The minimum Gasteiger partial charge on any atom is -0.479 e. The summed E-state index contributed by atoms with van der Waals surface area (Å²) in [5.41, 5.74) is 6.12. The molecule has 2 aromatic rings. The molecule has 0 aliphatic heterocycles. The summed E-state index contributed by atoms with van der Waals surface area (Å²) in [6, 6.07) is 3.45. The fraction of sp³-hybridized carbons (Fsp3) is 0.125. The maximum Gasteiger partial charge on any atom is 0.238 e. The fourth-order valence-corrected chi connectivity index (χ4v) is 1.06. The molecule has 0 saturated carbocycles. The third-order valence-corrected chi connectivity index (χ3v) is 1.72. The topological polar surface area (TPSA) is 78.8 Å². The molecule has 2 N–H and O–H groups in total. The van der Waals surface area contributed by atoms with Gasteiger partial charge in [0.15, 0.2) is 5.82 Å². The first-order valence-electron chi connectivity index (χ1n) is 3.97. The van der Waals surface area contributed by atoms with Crippen molar-refractivity contribution in [1.82, 2.24) is 19.7 Å². The first kappa shape index (κ1) is 8.49. The van der Waals surface area contributed by atoms with E-state index >= 15 is 0 Å². The number of anilines is 1. The Morgan fingerprint density at radius 1 is 1.43 bits per heavy atom. The summed E-state index contributed by atoms with van der Waals surface area (Å²) in [5.74, 6) is 1.01. The Hall–Kier alpha value is -2.11. The zero-order chi connectivity index (χ0) is 9.97. The highest BCUT2D eigenvalue weighted by Gasteiger charge is 2.04. The highest BCUT2D eigenvalue weighted by atomic mass is 16.5. The molecule has 2 aromatic heterocycles. The van der Waals surface area contributed by atoms with Crippen molar-refractivity contribution in [3.63, 3.8) is 0 Å². The lowest BCUT2D eigenvalue weighted by Gasteiger charge is -2.05. The molecule has 0 aromatic carbocycles. The second-order valence-corrected chi connectivity index (χ2v) is 2.61. The van der Waals surface area contributed by atoms with Crippen molar-refractivity contribution in [1.29, 1.82) is 0 Å². The van der Waals surface area contributed by atoms with Crippen LogP contribution in [-0.4, -0.2) is 26.9 Å². The van der Waals surface area contributed by atoms with Gasteiger partial charge in [-0.05, 0) is 12.1 Å². The molecule has 2 heterocycles. The number of methoxy groups -OCH3 is 1. The highest BCUT2D eigenvalue weighted by Crippen LogP contribution is 2.18. The summed E-state index contributed by atoms with van der Waals surface area (Å²) in [6.07, 6.45) is 2.99. The van der Waals surface area contributed by atoms with Gasteiger partial charge in [-0.1, -0.05) is 0 Å². The summed E-state index contributed by atoms with van der Waals surface area (Å²) in [7, 11) is 1.52. The largest absolute Gasteiger partial charge is 0.479 e. The van der Waals surface area contributed by atoms with Gasteiger partial charge in [-0.2, -0.15) is 10.1 Å². The first-order valence-corrected chi connectivity index (χ1v) is 3.97. The third-order valence-electron chi connectivity index (χ3n) is 1.72. The van der Waals surface area contributed by atoms with Crippen LogP contribution in [0.4, 0.5) is 5.69 Å². The van der Waals surface area contributed by atoms with Crippen molar-refractivity contribution >= 4 is 5.69 Å². The van der Waals surface area contributed by atoms with E-state index in [0.29, 0.717) is 17.4 Å². The van der Waals surface area contributed by atoms with Crippen LogP contribution in [0, 0.1) is 0 Å². The van der Waals surface area contributed by atoms with E-state index in [9.17, 15) is 0 Å². The standard InChI is InChI=1S/C8H9N5O/c1-14-8-6(9)2-3-7(12-8)13-5-10-4-11-13/h2-5H,9H2,1H3. The minimum absolute atomic E-state index is 0.387. The lowest BCUT2D eigenvalue weighted by Crippen LogP contribution is -2.02. The van der Waals surface area contributed by atoms with Gasteiger partial charge in [0, 0.05) is 0 Å². The molecule has 2 rings (SSSR count). The molecule has 0 bridgehead atoms. The van der Waals surface area contributed by atoms with Crippen LogP contribution in [0.15, 0.2) is 24.8 Å². The average Bonchev–Trinajstić information content (AvgIpc) is 2.71. The van der Waals surface area contributed by atoms with Crippen LogP contribution in [0.25, 0.3) is 5.82 Å². The number of nitrogen functional groups attached to an aromatic ring is 1. The molecule has 6 heteroatoms.